The number of hydrogen-bond acceptors (Lipinski definition) is 6. The summed E-state index contributed by atoms with van der Waals surface area (Å²) in [5.74, 6) is 0.636. The summed E-state index contributed by atoms with van der Waals surface area (Å²) in [5.41, 5.74) is 3.49. The molecule has 1 aromatic carbocycles. The van der Waals surface area contributed by atoms with Crippen molar-refractivity contribution in [2.75, 3.05) is 13.2 Å². The summed E-state index contributed by atoms with van der Waals surface area (Å²) < 4.78 is 34.8. The number of rotatable bonds is 6. The van der Waals surface area contributed by atoms with Gasteiger partial charge >= 0.3 is 0 Å². The van der Waals surface area contributed by atoms with E-state index in [2.05, 4.69) is 14.8 Å². The van der Waals surface area contributed by atoms with E-state index < -0.39 is 10.0 Å². The molecule has 3 aromatic heterocycles. The Hall–Kier alpha value is -3.01. The lowest BCUT2D eigenvalue weighted by Crippen LogP contribution is -2.26. The minimum absolute atomic E-state index is 0.0429. The van der Waals surface area contributed by atoms with E-state index in [-0.39, 0.29) is 18.0 Å². The average Bonchev–Trinajstić information content (AvgIpc) is 3.32. The van der Waals surface area contributed by atoms with Crippen LogP contribution >= 0.6 is 0 Å². The largest absolute Gasteiger partial charge is 0.454 e. The first-order chi connectivity index (χ1) is 13.5. The number of aromatic nitrogens is 3. The number of aryl methyl sites for hydroxylation is 1. The highest BCUT2D eigenvalue weighted by Gasteiger charge is 2.17. The molecule has 0 fully saturated rings. The van der Waals surface area contributed by atoms with Gasteiger partial charge in [0.05, 0.1) is 23.3 Å². The highest BCUT2D eigenvalue weighted by molar-refractivity contribution is 7.89. The lowest BCUT2D eigenvalue weighted by atomic mass is 10.1. The van der Waals surface area contributed by atoms with Gasteiger partial charge in [-0.05, 0) is 23.8 Å². The van der Waals surface area contributed by atoms with Crippen LogP contribution in [0.25, 0.3) is 33.6 Å². The molecule has 144 valence electrons. The van der Waals surface area contributed by atoms with Crippen molar-refractivity contribution in [2.45, 2.75) is 4.90 Å². The van der Waals surface area contributed by atoms with Crippen molar-refractivity contribution in [3.05, 3.63) is 55.0 Å². The Morgan fingerprint density at radius 1 is 1.21 bits per heavy atom. The van der Waals surface area contributed by atoms with Crippen LogP contribution in [0.4, 0.5) is 0 Å². The first-order valence-electron chi connectivity index (χ1n) is 8.56. The van der Waals surface area contributed by atoms with E-state index in [1.165, 1.54) is 6.07 Å². The Morgan fingerprint density at radius 3 is 2.82 bits per heavy atom. The predicted molar refractivity (Wildman–Crippen MR) is 104 cm³/mol. The lowest BCUT2D eigenvalue weighted by molar-refractivity contribution is 0.301. The van der Waals surface area contributed by atoms with Gasteiger partial charge in [-0.25, -0.2) is 13.1 Å². The van der Waals surface area contributed by atoms with Crippen LogP contribution < -0.4 is 4.72 Å². The first kappa shape index (κ1) is 18.4. The van der Waals surface area contributed by atoms with Gasteiger partial charge in [-0.2, -0.15) is 5.10 Å². The maximum Gasteiger partial charge on any atom is 0.240 e. The maximum absolute atomic E-state index is 12.4. The number of nitrogens with one attached hydrogen (secondary N) is 1. The quantitative estimate of drug-likeness (QED) is 0.515. The number of pyridine rings is 1. The molecule has 0 bridgehead atoms. The Balaban J connectivity index is 1.79. The maximum atomic E-state index is 12.4. The third-order valence-corrected chi connectivity index (χ3v) is 5.72. The van der Waals surface area contributed by atoms with E-state index in [4.69, 9.17) is 9.52 Å². The molecule has 9 heteroatoms. The van der Waals surface area contributed by atoms with Gasteiger partial charge in [-0.3, -0.25) is 9.67 Å². The summed E-state index contributed by atoms with van der Waals surface area (Å²) in [6.45, 7) is -0.313. The Kier molecular flexibility index (Phi) is 4.71. The molecule has 4 aromatic rings. The lowest BCUT2D eigenvalue weighted by Gasteiger charge is -2.08. The molecule has 0 saturated carbocycles. The monoisotopic (exact) mass is 398 g/mol. The fourth-order valence-corrected chi connectivity index (χ4v) is 4.02. The smallest absolute Gasteiger partial charge is 0.240 e. The molecule has 0 amide bonds. The summed E-state index contributed by atoms with van der Waals surface area (Å²) in [4.78, 5) is 4.47. The Morgan fingerprint density at radius 2 is 2.07 bits per heavy atom. The minimum atomic E-state index is -3.71. The number of hydrogen-bond donors (Lipinski definition) is 2. The van der Waals surface area contributed by atoms with E-state index in [9.17, 15) is 8.42 Å². The molecular weight excluding hydrogens is 380 g/mol. The number of nitrogens with zero attached hydrogens (tertiary/aromatic N) is 3. The zero-order valence-corrected chi connectivity index (χ0v) is 15.8. The molecular formula is C19H18N4O4S. The molecule has 4 rings (SSSR count). The summed E-state index contributed by atoms with van der Waals surface area (Å²) in [7, 11) is -1.88. The van der Waals surface area contributed by atoms with Crippen LogP contribution in [0.15, 0.2) is 64.3 Å². The molecule has 0 unspecified atom stereocenters. The standard InChI is InChI=1S/C19H18N4O4S/c1-23-12-14(11-21-23)18-10-17-19(27-18)16(5-6-20-17)13-3-2-4-15(9-13)28(25,26)22-7-8-24/h2-6,9-12,22,24H,7-8H2,1H3. The second kappa shape index (κ2) is 7.19. The van der Waals surface area contributed by atoms with Crippen molar-refractivity contribution in [3.63, 3.8) is 0 Å². The number of aliphatic hydroxyl groups is 1. The number of fused-ring (bicyclic) bond motifs is 1. The van der Waals surface area contributed by atoms with Gasteiger partial charge in [0.15, 0.2) is 5.58 Å². The van der Waals surface area contributed by atoms with Crippen molar-refractivity contribution in [1.29, 1.82) is 0 Å². The number of aliphatic hydroxyl groups excluding tert-OH is 1. The molecule has 3 heterocycles. The van der Waals surface area contributed by atoms with E-state index in [1.54, 1.807) is 35.3 Å². The van der Waals surface area contributed by atoms with Crippen LogP contribution in [0.1, 0.15) is 0 Å². The highest BCUT2D eigenvalue weighted by Crippen LogP contribution is 2.34. The summed E-state index contributed by atoms with van der Waals surface area (Å²) >= 11 is 0. The molecule has 0 aliphatic heterocycles. The third-order valence-electron chi connectivity index (χ3n) is 4.26. The van der Waals surface area contributed by atoms with Crippen molar-refractivity contribution < 1.29 is 17.9 Å². The van der Waals surface area contributed by atoms with Gasteiger partial charge in [0, 0.05) is 37.6 Å². The third kappa shape index (κ3) is 3.42. The molecule has 28 heavy (non-hydrogen) atoms. The Bertz CT molecular complexity index is 1240. The SMILES string of the molecule is Cn1cc(-c2cc3nccc(-c4cccc(S(=O)(=O)NCCO)c4)c3o2)cn1. The van der Waals surface area contributed by atoms with Gasteiger partial charge in [0.2, 0.25) is 10.0 Å². The van der Waals surface area contributed by atoms with Crippen LogP contribution in [0.5, 0.6) is 0 Å². The number of furan rings is 1. The molecule has 8 nitrogen and oxygen atoms in total. The fraction of sp³-hybridized carbons (Fsp3) is 0.158. The van der Waals surface area contributed by atoms with Gasteiger partial charge in [0.1, 0.15) is 11.3 Å². The molecule has 0 atom stereocenters. The zero-order valence-electron chi connectivity index (χ0n) is 15.0. The summed E-state index contributed by atoms with van der Waals surface area (Å²) in [6.07, 6.45) is 5.21. The normalized spacial score (nSPS) is 11.9. The minimum Gasteiger partial charge on any atom is -0.454 e. The van der Waals surface area contributed by atoms with E-state index in [0.717, 1.165) is 11.1 Å². The summed E-state index contributed by atoms with van der Waals surface area (Å²) in [5, 5.41) is 13.0. The van der Waals surface area contributed by atoms with Crippen LogP contribution in [0.2, 0.25) is 0 Å². The van der Waals surface area contributed by atoms with Crippen molar-refractivity contribution >= 4 is 21.1 Å². The average molecular weight is 398 g/mol. The molecule has 0 aliphatic carbocycles. The van der Waals surface area contributed by atoms with Gasteiger partial charge in [-0.1, -0.05) is 12.1 Å². The second-order valence-corrected chi connectivity index (χ2v) is 8.00. The zero-order chi connectivity index (χ0) is 19.7. The molecule has 0 radical (unpaired) electrons. The predicted octanol–water partition coefficient (Wildman–Crippen LogP) is 2.17. The first-order valence-corrected chi connectivity index (χ1v) is 10.0. The van der Waals surface area contributed by atoms with E-state index in [1.807, 2.05) is 25.4 Å². The number of sulfonamides is 1. The van der Waals surface area contributed by atoms with Crippen LogP contribution in [-0.2, 0) is 17.1 Å². The molecule has 0 saturated heterocycles. The highest BCUT2D eigenvalue weighted by atomic mass is 32.2. The van der Waals surface area contributed by atoms with Crippen LogP contribution in [0, 0.1) is 0 Å². The summed E-state index contributed by atoms with van der Waals surface area (Å²) in [6, 6.07) is 10.2. The van der Waals surface area contributed by atoms with E-state index in [0.29, 0.717) is 22.4 Å². The molecule has 0 aliphatic rings. The fourth-order valence-electron chi connectivity index (χ4n) is 2.95. The Labute approximate surface area is 161 Å². The van der Waals surface area contributed by atoms with Gasteiger partial charge in [0.25, 0.3) is 0 Å². The molecule has 0 spiro atoms. The van der Waals surface area contributed by atoms with Crippen molar-refractivity contribution in [1.82, 2.24) is 19.5 Å². The van der Waals surface area contributed by atoms with Gasteiger partial charge < -0.3 is 9.52 Å². The van der Waals surface area contributed by atoms with Crippen molar-refractivity contribution in [2.24, 2.45) is 7.05 Å². The van der Waals surface area contributed by atoms with Crippen molar-refractivity contribution in [3.8, 4) is 22.5 Å². The molecule has 2 N–H and O–H groups in total. The van der Waals surface area contributed by atoms with E-state index >= 15 is 0 Å². The number of benzene rings is 1. The second-order valence-electron chi connectivity index (χ2n) is 6.24. The topological polar surface area (TPSA) is 110 Å². The van der Waals surface area contributed by atoms with Crippen LogP contribution in [-0.4, -0.2) is 41.4 Å². The van der Waals surface area contributed by atoms with Gasteiger partial charge in [-0.15, -0.1) is 0 Å². The van der Waals surface area contributed by atoms with Crippen LogP contribution in [0.3, 0.4) is 0 Å².